The first-order chi connectivity index (χ1) is 4.58. The lowest BCUT2D eigenvalue weighted by Gasteiger charge is -2.28. The van der Waals surface area contributed by atoms with E-state index in [1.165, 1.54) is 0 Å². The summed E-state index contributed by atoms with van der Waals surface area (Å²) in [4.78, 5) is 2.05. The Balaban J connectivity index is 2.58. The highest BCUT2D eigenvalue weighted by Crippen LogP contribution is 2.24. The molecule has 0 amide bonds. The van der Waals surface area contributed by atoms with Crippen molar-refractivity contribution in [1.29, 1.82) is 0 Å². The lowest BCUT2D eigenvalue weighted by Crippen LogP contribution is -2.41. The van der Waals surface area contributed by atoms with E-state index in [4.69, 9.17) is 9.84 Å². The molecule has 0 aromatic carbocycles. The number of ether oxygens (including phenoxy) is 1. The predicted octanol–water partition coefficient (Wildman–Crippen LogP) is 0.0454. The molecule has 1 fully saturated rings. The highest BCUT2D eigenvalue weighted by Gasteiger charge is 2.36. The van der Waals surface area contributed by atoms with Crippen LogP contribution in [0.2, 0.25) is 0 Å². The standard InChI is InChI=1S/C7H15NO2/c1-7(2)8(3)6(4-9)5-10-7/h6,9H,4-5H2,1-3H3/t6-/m1/s1. The van der Waals surface area contributed by atoms with Gasteiger partial charge in [0.05, 0.1) is 19.3 Å². The third-order valence-electron chi connectivity index (χ3n) is 2.24. The monoisotopic (exact) mass is 145 g/mol. The van der Waals surface area contributed by atoms with Gasteiger partial charge in [0.15, 0.2) is 0 Å². The van der Waals surface area contributed by atoms with Crippen LogP contribution in [0.5, 0.6) is 0 Å². The van der Waals surface area contributed by atoms with Gasteiger partial charge in [0, 0.05) is 0 Å². The third-order valence-corrected chi connectivity index (χ3v) is 2.24. The molecule has 0 spiro atoms. The van der Waals surface area contributed by atoms with Crippen LogP contribution >= 0.6 is 0 Å². The molecule has 3 heteroatoms. The number of hydrogen-bond acceptors (Lipinski definition) is 3. The Labute approximate surface area is 61.6 Å². The first-order valence-electron chi connectivity index (χ1n) is 3.55. The molecule has 1 rings (SSSR count). The van der Waals surface area contributed by atoms with Crippen LogP contribution in [0.3, 0.4) is 0 Å². The average molecular weight is 145 g/mol. The van der Waals surface area contributed by atoms with Crippen LogP contribution in [0.1, 0.15) is 13.8 Å². The van der Waals surface area contributed by atoms with Gasteiger partial charge in [0.1, 0.15) is 5.72 Å². The van der Waals surface area contributed by atoms with E-state index in [-0.39, 0.29) is 18.4 Å². The molecule has 0 aromatic rings. The molecule has 0 aliphatic carbocycles. The smallest absolute Gasteiger partial charge is 0.116 e. The minimum absolute atomic E-state index is 0.176. The zero-order chi connectivity index (χ0) is 7.78. The molecule has 0 radical (unpaired) electrons. The Bertz CT molecular complexity index is 125. The maximum Gasteiger partial charge on any atom is 0.116 e. The summed E-state index contributed by atoms with van der Waals surface area (Å²) in [5.41, 5.74) is -0.201. The highest BCUT2D eigenvalue weighted by molar-refractivity contribution is 4.83. The van der Waals surface area contributed by atoms with Crippen LogP contribution in [0.25, 0.3) is 0 Å². The van der Waals surface area contributed by atoms with Crippen LogP contribution in [-0.4, -0.2) is 42.0 Å². The van der Waals surface area contributed by atoms with Gasteiger partial charge in [-0.2, -0.15) is 0 Å². The number of aliphatic hydroxyl groups excluding tert-OH is 1. The summed E-state index contributed by atoms with van der Waals surface area (Å²) in [6.07, 6.45) is 0. The second kappa shape index (κ2) is 2.49. The van der Waals surface area contributed by atoms with Gasteiger partial charge in [-0.05, 0) is 20.9 Å². The fourth-order valence-corrected chi connectivity index (χ4v) is 1.13. The van der Waals surface area contributed by atoms with Crippen molar-refractivity contribution in [3.05, 3.63) is 0 Å². The van der Waals surface area contributed by atoms with Crippen molar-refractivity contribution >= 4 is 0 Å². The van der Waals surface area contributed by atoms with E-state index in [2.05, 4.69) is 0 Å². The van der Waals surface area contributed by atoms with E-state index in [9.17, 15) is 0 Å². The van der Waals surface area contributed by atoms with Crippen LogP contribution in [0, 0.1) is 0 Å². The Hall–Kier alpha value is -0.120. The zero-order valence-electron chi connectivity index (χ0n) is 6.79. The lowest BCUT2D eigenvalue weighted by molar-refractivity contribution is -0.0426. The quantitative estimate of drug-likeness (QED) is 0.565. The number of aliphatic hydroxyl groups is 1. The molecular weight excluding hydrogens is 130 g/mol. The molecule has 0 unspecified atom stereocenters. The summed E-state index contributed by atoms with van der Waals surface area (Å²) in [5.74, 6) is 0. The summed E-state index contributed by atoms with van der Waals surface area (Å²) in [6, 6.07) is 0.176. The van der Waals surface area contributed by atoms with E-state index >= 15 is 0 Å². The van der Waals surface area contributed by atoms with Crippen LogP contribution in [0.15, 0.2) is 0 Å². The van der Waals surface area contributed by atoms with Crippen molar-refractivity contribution in [2.45, 2.75) is 25.6 Å². The van der Waals surface area contributed by atoms with Crippen LogP contribution in [-0.2, 0) is 4.74 Å². The maximum atomic E-state index is 8.85. The molecule has 0 saturated carbocycles. The van der Waals surface area contributed by atoms with Crippen molar-refractivity contribution in [3.63, 3.8) is 0 Å². The van der Waals surface area contributed by atoms with Crippen molar-refractivity contribution in [2.24, 2.45) is 0 Å². The normalized spacial score (nSPS) is 33.0. The van der Waals surface area contributed by atoms with Crippen molar-refractivity contribution in [3.8, 4) is 0 Å². The number of rotatable bonds is 1. The molecule has 0 bridgehead atoms. The van der Waals surface area contributed by atoms with E-state index < -0.39 is 0 Å². The number of nitrogens with zero attached hydrogens (tertiary/aromatic N) is 1. The molecule has 1 saturated heterocycles. The molecule has 0 aromatic heterocycles. The highest BCUT2D eigenvalue weighted by atomic mass is 16.5. The summed E-state index contributed by atoms with van der Waals surface area (Å²) < 4.78 is 5.42. The summed E-state index contributed by atoms with van der Waals surface area (Å²) in [5, 5.41) is 8.85. The van der Waals surface area contributed by atoms with Gasteiger partial charge >= 0.3 is 0 Å². The summed E-state index contributed by atoms with van der Waals surface area (Å²) in [7, 11) is 1.97. The number of hydrogen-bond donors (Lipinski definition) is 1. The van der Waals surface area contributed by atoms with Crippen molar-refractivity contribution < 1.29 is 9.84 Å². The van der Waals surface area contributed by atoms with Gasteiger partial charge in [-0.15, -0.1) is 0 Å². The molecule has 1 atom stereocenters. The lowest BCUT2D eigenvalue weighted by atomic mass is 10.2. The fourth-order valence-electron chi connectivity index (χ4n) is 1.13. The minimum Gasteiger partial charge on any atom is -0.395 e. The summed E-state index contributed by atoms with van der Waals surface area (Å²) >= 11 is 0. The molecular formula is C7H15NO2. The Morgan fingerprint density at radius 3 is 2.50 bits per heavy atom. The first-order valence-corrected chi connectivity index (χ1v) is 3.55. The van der Waals surface area contributed by atoms with Gasteiger partial charge in [0.2, 0.25) is 0 Å². The molecule has 1 aliphatic rings. The summed E-state index contributed by atoms with van der Waals surface area (Å²) in [6.45, 7) is 4.82. The molecule has 1 heterocycles. The third kappa shape index (κ3) is 1.17. The minimum atomic E-state index is -0.201. The van der Waals surface area contributed by atoms with Crippen LogP contribution < -0.4 is 0 Å². The van der Waals surface area contributed by atoms with Crippen molar-refractivity contribution in [2.75, 3.05) is 20.3 Å². The first kappa shape index (κ1) is 7.98. The van der Waals surface area contributed by atoms with E-state index in [1.54, 1.807) is 0 Å². The zero-order valence-corrected chi connectivity index (χ0v) is 6.79. The topological polar surface area (TPSA) is 32.7 Å². The largest absolute Gasteiger partial charge is 0.395 e. The molecule has 10 heavy (non-hydrogen) atoms. The molecule has 1 aliphatic heterocycles. The van der Waals surface area contributed by atoms with Gasteiger partial charge in [-0.3, -0.25) is 4.90 Å². The van der Waals surface area contributed by atoms with Crippen molar-refractivity contribution in [1.82, 2.24) is 4.90 Å². The van der Waals surface area contributed by atoms with E-state index in [0.717, 1.165) is 0 Å². The Morgan fingerprint density at radius 1 is 1.70 bits per heavy atom. The fraction of sp³-hybridized carbons (Fsp3) is 1.00. The van der Waals surface area contributed by atoms with Gasteiger partial charge in [-0.1, -0.05) is 0 Å². The molecule has 60 valence electrons. The number of likely N-dealkylation sites (N-methyl/N-ethyl adjacent to an activating group) is 1. The van der Waals surface area contributed by atoms with Gasteiger partial charge in [0.25, 0.3) is 0 Å². The predicted molar refractivity (Wildman–Crippen MR) is 38.7 cm³/mol. The van der Waals surface area contributed by atoms with Gasteiger partial charge < -0.3 is 9.84 Å². The average Bonchev–Trinajstić information content (AvgIpc) is 2.10. The Kier molecular flexibility index (Phi) is 1.99. The van der Waals surface area contributed by atoms with Crippen LogP contribution in [0.4, 0.5) is 0 Å². The second-order valence-electron chi connectivity index (χ2n) is 3.21. The van der Waals surface area contributed by atoms with E-state index in [0.29, 0.717) is 6.61 Å². The van der Waals surface area contributed by atoms with Gasteiger partial charge in [-0.25, -0.2) is 0 Å². The second-order valence-corrected chi connectivity index (χ2v) is 3.21. The SMILES string of the molecule is CN1[C@H](CO)COC1(C)C. The Morgan fingerprint density at radius 2 is 2.30 bits per heavy atom. The molecule has 3 nitrogen and oxygen atoms in total. The maximum absolute atomic E-state index is 8.85. The molecule has 1 N–H and O–H groups in total. The van der Waals surface area contributed by atoms with E-state index in [1.807, 2.05) is 25.8 Å².